The van der Waals surface area contributed by atoms with Gasteiger partial charge in [0.15, 0.2) is 0 Å². The van der Waals surface area contributed by atoms with Gasteiger partial charge in [-0.2, -0.15) is 13.2 Å². The Kier molecular flexibility index (Phi) is 5.81. The number of carbonyl (C=O) groups excluding carboxylic acids is 2. The molecule has 0 aliphatic carbocycles. The first kappa shape index (κ1) is 20.8. The van der Waals surface area contributed by atoms with Crippen molar-refractivity contribution in [3.63, 3.8) is 0 Å². The highest BCUT2D eigenvalue weighted by Gasteiger charge is 2.38. The van der Waals surface area contributed by atoms with Gasteiger partial charge < -0.3 is 19.9 Å². The van der Waals surface area contributed by atoms with Crippen molar-refractivity contribution in [3.8, 4) is 0 Å². The van der Waals surface area contributed by atoms with Gasteiger partial charge in [0.05, 0.1) is 17.7 Å². The van der Waals surface area contributed by atoms with E-state index in [1.807, 2.05) is 0 Å². The number of hydrogen-bond donors (Lipinski definition) is 1. The summed E-state index contributed by atoms with van der Waals surface area (Å²) in [5.41, 5.74) is -0.852. The topological polar surface area (TPSA) is 87.7 Å². The molecule has 164 valence electrons. The summed E-state index contributed by atoms with van der Waals surface area (Å²) >= 11 is 0. The first-order chi connectivity index (χ1) is 14.3. The second kappa shape index (κ2) is 8.37. The van der Waals surface area contributed by atoms with Crippen LogP contribution in [0.1, 0.15) is 30.7 Å². The van der Waals surface area contributed by atoms with Gasteiger partial charge in [0, 0.05) is 45.0 Å². The third kappa shape index (κ3) is 4.66. The maximum Gasteiger partial charge on any atom is 0.419 e. The second-order valence-electron chi connectivity index (χ2n) is 8.06. The third-order valence-electron chi connectivity index (χ3n) is 5.98. The minimum absolute atomic E-state index is 0.0405. The van der Waals surface area contributed by atoms with Crippen molar-refractivity contribution in [1.29, 1.82) is 0 Å². The smallest absolute Gasteiger partial charge is 0.366 e. The molecule has 1 N–H and O–H groups in total. The Labute approximate surface area is 171 Å². The molecule has 0 saturated carbocycles. The number of nitrogens with one attached hydrogen (secondary N) is 1. The zero-order valence-electron chi connectivity index (χ0n) is 16.4. The molecule has 1 aromatic rings. The number of urea groups is 1. The lowest BCUT2D eigenvalue weighted by Gasteiger charge is -2.43. The molecule has 0 radical (unpaired) electrons. The number of halogens is 3. The summed E-state index contributed by atoms with van der Waals surface area (Å²) in [6, 6.07) is -0.212. The number of alkyl halides is 3. The molecule has 0 aromatic carbocycles. The molecule has 2 atom stereocenters. The zero-order valence-corrected chi connectivity index (χ0v) is 16.4. The number of nitrogens with zero attached hydrogens (tertiary/aromatic N) is 4. The number of carbonyl (C=O) groups is 2. The molecule has 3 aliphatic rings. The van der Waals surface area contributed by atoms with Crippen LogP contribution in [0, 0.1) is 5.92 Å². The molecule has 3 aliphatic heterocycles. The number of piperidine rings is 2. The lowest BCUT2D eigenvalue weighted by Crippen LogP contribution is -2.62. The molecule has 3 amide bonds. The van der Waals surface area contributed by atoms with Gasteiger partial charge in [-0.3, -0.25) is 4.79 Å². The molecular weight excluding hydrogens is 403 g/mol. The van der Waals surface area contributed by atoms with Crippen LogP contribution in [0.2, 0.25) is 0 Å². The summed E-state index contributed by atoms with van der Waals surface area (Å²) in [5, 5.41) is 2.89. The van der Waals surface area contributed by atoms with Crippen molar-refractivity contribution in [1.82, 2.24) is 25.1 Å². The molecular formula is C19H24F3N5O3. The van der Waals surface area contributed by atoms with Gasteiger partial charge >= 0.3 is 12.2 Å². The van der Waals surface area contributed by atoms with Crippen molar-refractivity contribution in [2.75, 3.05) is 32.8 Å². The molecule has 3 saturated heterocycles. The maximum atomic E-state index is 12.9. The number of hydrogen-bond acceptors (Lipinski definition) is 5. The predicted molar refractivity (Wildman–Crippen MR) is 98.3 cm³/mol. The van der Waals surface area contributed by atoms with Gasteiger partial charge in [0.2, 0.25) is 5.91 Å². The molecule has 11 heteroatoms. The van der Waals surface area contributed by atoms with Crippen LogP contribution in [0.4, 0.5) is 18.0 Å². The Balaban J connectivity index is 1.26. The summed E-state index contributed by atoms with van der Waals surface area (Å²) in [6.45, 7) is 2.27. The standard InChI is InChI=1S/C19H24F3N5O3/c20-19(21,22)13-8-23-16(24-9-13)7-12-1-4-26(5-2-12)18(29)27-6-3-15-14(10-27)25-17(28)11-30-15/h8-9,12,14-15H,1-7,10-11H2,(H,25,28)/t14-,15+/m0/s1. The molecule has 0 unspecified atom stereocenters. The minimum atomic E-state index is -4.44. The average molecular weight is 427 g/mol. The lowest BCUT2D eigenvalue weighted by atomic mass is 9.93. The Morgan fingerprint density at radius 3 is 2.47 bits per heavy atom. The molecule has 4 rings (SSSR count). The maximum absolute atomic E-state index is 12.9. The van der Waals surface area contributed by atoms with E-state index in [-0.39, 0.29) is 36.6 Å². The van der Waals surface area contributed by atoms with Crippen molar-refractivity contribution >= 4 is 11.9 Å². The molecule has 0 spiro atoms. The van der Waals surface area contributed by atoms with Crippen LogP contribution in [0.3, 0.4) is 0 Å². The first-order valence-corrected chi connectivity index (χ1v) is 10.1. The van der Waals surface area contributed by atoms with Gasteiger partial charge in [0.25, 0.3) is 0 Å². The van der Waals surface area contributed by atoms with Crippen molar-refractivity contribution in [2.45, 2.75) is 44.0 Å². The third-order valence-corrected chi connectivity index (χ3v) is 5.98. The van der Waals surface area contributed by atoms with E-state index in [4.69, 9.17) is 4.74 Å². The summed E-state index contributed by atoms with van der Waals surface area (Å²) in [5.74, 6) is 0.460. The average Bonchev–Trinajstić information content (AvgIpc) is 2.73. The summed E-state index contributed by atoms with van der Waals surface area (Å²) < 4.78 is 43.4. The SMILES string of the molecule is O=C1CO[C@@H]2CCN(C(=O)N3CCC(Cc4ncc(C(F)(F)F)cn4)CC3)C[C@@H]2N1. The molecule has 8 nitrogen and oxygen atoms in total. The normalized spacial score (nSPS) is 25.6. The van der Waals surface area contributed by atoms with E-state index in [9.17, 15) is 22.8 Å². The number of morpholine rings is 1. The monoisotopic (exact) mass is 427 g/mol. The first-order valence-electron chi connectivity index (χ1n) is 10.1. The van der Waals surface area contributed by atoms with Crippen LogP contribution in [0.15, 0.2) is 12.4 Å². The fourth-order valence-corrected chi connectivity index (χ4v) is 4.27. The molecule has 3 fully saturated rings. The number of amides is 3. The van der Waals surface area contributed by atoms with Gasteiger partial charge in [-0.25, -0.2) is 14.8 Å². The highest BCUT2D eigenvalue weighted by Crippen LogP contribution is 2.28. The van der Waals surface area contributed by atoms with Crippen LogP contribution in [-0.4, -0.2) is 76.6 Å². The second-order valence-corrected chi connectivity index (χ2v) is 8.06. The van der Waals surface area contributed by atoms with Crippen molar-refractivity contribution in [2.24, 2.45) is 5.92 Å². The largest absolute Gasteiger partial charge is 0.419 e. The Bertz CT molecular complexity index is 781. The van der Waals surface area contributed by atoms with Gasteiger partial charge in [-0.05, 0) is 25.2 Å². The van der Waals surface area contributed by atoms with E-state index in [0.29, 0.717) is 44.8 Å². The number of fused-ring (bicyclic) bond motifs is 1. The van der Waals surface area contributed by atoms with Gasteiger partial charge in [0.1, 0.15) is 12.4 Å². The van der Waals surface area contributed by atoms with Crippen LogP contribution < -0.4 is 5.32 Å². The molecule has 0 bridgehead atoms. The Hall–Kier alpha value is -2.43. The molecule has 30 heavy (non-hydrogen) atoms. The van der Waals surface area contributed by atoms with Crippen LogP contribution in [0.5, 0.6) is 0 Å². The van der Waals surface area contributed by atoms with E-state index in [0.717, 1.165) is 25.2 Å². The molecule has 4 heterocycles. The van der Waals surface area contributed by atoms with E-state index in [2.05, 4.69) is 15.3 Å². The highest BCUT2D eigenvalue weighted by atomic mass is 19.4. The number of ether oxygens (including phenoxy) is 1. The van der Waals surface area contributed by atoms with Crippen LogP contribution in [-0.2, 0) is 22.1 Å². The minimum Gasteiger partial charge on any atom is -0.366 e. The van der Waals surface area contributed by atoms with E-state index >= 15 is 0 Å². The summed E-state index contributed by atoms with van der Waals surface area (Å²) in [6.07, 6.45) is -0.162. The van der Waals surface area contributed by atoms with E-state index in [1.54, 1.807) is 9.80 Å². The highest BCUT2D eigenvalue weighted by molar-refractivity contribution is 5.79. The lowest BCUT2D eigenvalue weighted by molar-refractivity contribution is -0.140. The van der Waals surface area contributed by atoms with E-state index in [1.165, 1.54) is 0 Å². The number of likely N-dealkylation sites (tertiary alicyclic amines) is 2. The van der Waals surface area contributed by atoms with Crippen molar-refractivity contribution in [3.05, 3.63) is 23.8 Å². The van der Waals surface area contributed by atoms with E-state index < -0.39 is 11.7 Å². The van der Waals surface area contributed by atoms with Gasteiger partial charge in [-0.1, -0.05) is 0 Å². The number of rotatable bonds is 2. The number of aromatic nitrogens is 2. The van der Waals surface area contributed by atoms with Crippen LogP contribution in [0.25, 0.3) is 0 Å². The zero-order chi connectivity index (χ0) is 21.3. The summed E-state index contributed by atoms with van der Waals surface area (Å²) in [4.78, 5) is 35.7. The fourth-order valence-electron chi connectivity index (χ4n) is 4.27. The van der Waals surface area contributed by atoms with Crippen LogP contribution >= 0.6 is 0 Å². The Morgan fingerprint density at radius 1 is 1.13 bits per heavy atom. The van der Waals surface area contributed by atoms with Gasteiger partial charge in [-0.15, -0.1) is 0 Å². The van der Waals surface area contributed by atoms with Crippen molar-refractivity contribution < 1.29 is 27.5 Å². The fraction of sp³-hybridized carbons (Fsp3) is 0.684. The predicted octanol–water partition coefficient (Wildman–Crippen LogP) is 1.46. The summed E-state index contributed by atoms with van der Waals surface area (Å²) in [7, 11) is 0. The quantitative estimate of drug-likeness (QED) is 0.772. The molecule has 1 aromatic heterocycles. The Morgan fingerprint density at radius 2 is 1.80 bits per heavy atom.